The molecule has 0 aliphatic carbocycles. The molecule has 12 heteroatoms. The number of nitrogens with one attached hydrogen (secondary N) is 1. The molecular weight excluding hydrogens is 567 g/mol. The van der Waals surface area contributed by atoms with Gasteiger partial charge in [-0.15, -0.1) is 0 Å². The maximum absolute atomic E-state index is 13.7. The van der Waals surface area contributed by atoms with Gasteiger partial charge in [-0.1, -0.05) is 30.3 Å². The minimum Gasteiger partial charge on any atom is -0.463 e. The number of dihydropyridines is 1. The number of esters is 2. The fourth-order valence-corrected chi connectivity index (χ4v) is 5.13. The van der Waals surface area contributed by atoms with Crippen molar-refractivity contribution in [1.29, 1.82) is 0 Å². The van der Waals surface area contributed by atoms with Crippen molar-refractivity contribution in [3.05, 3.63) is 93.3 Å². The van der Waals surface area contributed by atoms with Crippen LogP contribution in [0.2, 0.25) is 0 Å². The Labute approximate surface area is 246 Å². The zero-order valence-electron chi connectivity index (χ0n) is 24.2. The SMILES string of the molecule is CCOC(=O)C1=C(CCN(C)C)NC(C)=C(C(=O)OCCN2C(=O)c3ccccc3C2=O)C1c1cccc(C(F)(F)F)c1. The molecule has 4 rings (SSSR count). The molecule has 1 atom stereocenters. The van der Waals surface area contributed by atoms with Crippen LogP contribution in [0, 0.1) is 0 Å². The lowest BCUT2D eigenvalue weighted by molar-refractivity contribution is -0.140. The number of nitrogens with zero attached hydrogens (tertiary/aromatic N) is 2. The van der Waals surface area contributed by atoms with Crippen molar-refractivity contribution in [2.24, 2.45) is 0 Å². The third-order valence-corrected chi connectivity index (χ3v) is 7.14. The summed E-state index contributed by atoms with van der Waals surface area (Å²) in [5.41, 5.74) is 0.204. The van der Waals surface area contributed by atoms with E-state index in [0.29, 0.717) is 18.7 Å². The summed E-state index contributed by atoms with van der Waals surface area (Å²) < 4.78 is 52.0. The number of benzene rings is 2. The fraction of sp³-hybridized carbons (Fsp3) is 0.355. The molecular formula is C31H32F3N3O6. The number of alkyl halides is 3. The van der Waals surface area contributed by atoms with E-state index in [2.05, 4.69) is 5.32 Å². The van der Waals surface area contributed by atoms with Gasteiger partial charge in [-0.05, 0) is 51.7 Å². The summed E-state index contributed by atoms with van der Waals surface area (Å²) in [5.74, 6) is -3.99. The Morgan fingerprint density at radius 1 is 0.953 bits per heavy atom. The van der Waals surface area contributed by atoms with Gasteiger partial charge < -0.3 is 19.7 Å². The number of hydrogen-bond donors (Lipinski definition) is 1. The van der Waals surface area contributed by atoms with E-state index in [0.717, 1.165) is 17.0 Å². The van der Waals surface area contributed by atoms with Crippen LogP contribution in [0.4, 0.5) is 13.2 Å². The molecule has 0 saturated heterocycles. The van der Waals surface area contributed by atoms with Crippen molar-refractivity contribution in [2.75, 3.05) is 40.4 Å². The lowest BCUT2D eigenvalue weighted by atomic mass is 9.79. The Kier molecular flexibility index (Phi) is 9.39. The van der Waals surface area contributed by atoms with Crippen LogP contribution >= 0.6 is 0 Å². The van der Waals surface area contributed by atoms with Crippen LogP contribution in [0.25, 0.3) is 0 Å². The number of halogens is 3. The van der Waals surface area contributed by atoms with E-state index in [9.17, 15) is 32.3 Å². The van der Waals surface area contributed by atoms with Gasteiger partial charge in [0.25, 0.3) is 11.8 Å². The lowest BCUT2D eigenvalue weighted by Gasteiger charge is -2.32. The summed E-state index contributed by atoms with van der Waals surface area (Å²) in [6.45, 7) is 3.06. The third-order valence-electron chi connectivity index (χ3n) is 7.14. The molecule has 9 nitrogen and oxygen atoms in total. The fourth-order valence-electron chi connectivity index (χ4n) is 5.13. The molecule has 0 radical (unpaired) electrons. The highest BCUT2D eigenvalue weighted by Crippen LogP contribution is 2.42. The quantitative estimate of drug-likeness (QED) is 0.319. The Hall–Kier alpha value is -4.45. The highest BCUT2D eigenvalue weighted by Gasteiger charge is 2.41. The molecule has 2 aromatic rings. The molecule has 2 aliphatic heterocycles. The van der Waals surface area contributed by atoms with Gasteiger partial charge in [0.2, 0.25) is 0 Å². The molecule has 1 N–H and O–H groups in total. The Morgan fingerprint density at radius 2 is 1.58 bits per heavy atom. The van der Waals surface area contributed by atoms with Crippen LogP contribution in [0.1, 0.15) is 58.0 Å². The maximum Gasteiger partial charge on any atom is 0.416 e. The van der Waals surface area contributed by atoms with Gasteiger partial charge in [-0.2, -0.15) is 13.2 Å². The van der Waals surface area contributed by atoms with Gasteiger partial charge in [0.15, 0.2) is 0 Å². The summed E-state index contributed by atoms with van der Waals surface area (Å²) in [6, 6.07) is 10.7. The second kappa shape index (κ2) is 12.8. The van der Waals surface area contributed by atoms with Crippen LogP contribution in [0.5, 0.6) is 0 Å². The number of carbonyl (C=O) groups excluding carboxylic acids is 4. The summed E-state index contributed by atoms with van der Waals surface area (Å²) >= 11 is 0. The molecule has 0 bridgehead atoms. The Balaban J connectivity index is 1.68. The van der Waals surface area contributed by atoms with Crippen LogP contribution in [0.3, 0.4) is 0 Å². The molecule has 228 valence electrons. The van der Waals surface area contributed by atoms with Crippen molar-refractivity contribution in [2.45, 2.75) is 32.4 Å². The number of imide groups is 1. The van der Waals surface area contributed by atoms with E-state index < -0.39 is 41.4 Å². The number of carbonyl (C=O) groups is 4. The number of ether oxygens (including phenoxy) is 2. The molecule has 2 amide bonds. The van der Waals surface area contributed by atoms with Gasteiger partial charge in [0.05, 0.1) is 46.9 Å². The molecule has 0 aromatic heterocycles. The average molecular weight is 600 g/mol. The summed E-state index contributed by atoms with van der Waals surface area (Å²) in [6.07, 6.45) is -4.35. The zero-order valence-corrected chi connectivity index (χ0v) is 24.2. The summed E-state index contributed by atoms with van der Waals surface area (Å²) in [7, 11) is 3.66. The maximum atomic E-state index is 13.7. The zero-order chi connectivity index (χ0) is 31.5. The molecule has 43 heavy (non-hydrogen) atoms. The Bertz CT molecular complexity index is 1480. The highest BCUT2D eigenvalue weighted by molar-refractivity contribution is 6.21. The normalized spacial score (nSPS) is 16.9. The van der Waals surface area contributed by atoms with Crippen molar-refractivity contribution in [3.8, 4) is 0 Å². The van der Waals surface area contributed by atoms with E-state index >= 15 is 0 Å². The van der Waals surface area contributed by atoms with Crippen LogP contribution < -0.4 is 5.32 Å². The number of rotatable bonds is 10. The first-order chi connectivity index (χ1) is 20.3. The molecule has 1 unspecified atom stereocenters. The van der Waals surface area contributed by atoms with Crippen molar-refractivity contribution in [1.82, 2.24) is 15.1 Å². The van der Waals surface area contributed by atoms with E-state index in [4.69, 9.17) is 9.47 Å². The van der Waals surface area contributed by atoms with Crippen LogP contribution in [-0.4, -0.2) is 74.0 Å². The molecule has 0 spiro atoms. The van der Waals surface area contributed by atoms with Crippen molar-refractivity contribution in [3.63, 3.8) is 0 Å². The largest absolute Gasteiger partial charge is 0.463 e. The monoisotopic (exact) mass is 599 g/mol. The van der Waals surface area contributed by atoms with E-state index in [1.54, 1.807) is 26.0 Å². The second-order valence-electron chi connectivity index (χ2n) is 10.3. The number of hydrogen-bond acceptors (Lipinski definition) is 8. The minimum atomic E-state index is -4.67. The first-order valence-electron chi connectivity index (χ1n) is 13.7. The van der Waals surface area contributed by atoms with Crippen LogP contribution in [0.15, 0.2) is 71.1 Å². The lowest BCUT2D eigenvalue weighted by Crippen LogP contribution is -2.36. The van der Waals surface area contributed by atoms with Gasteiger partial charge in [-0.3, -0.25) is 14.5 Å². The summed E-state index contributed by atoms with van der Waals surface area (Å²) in [4.78, 5) is 55.2. The number of fused-ring (bicyclic) bond motifs is 1. The van der Waals surface area contributed by atoms with Gasteiger partial charge in [0, 0.05) is 24.4 Å². The van der Waals surface area contributed by atoms with Crippen molar-refractivity contribution >= 4 is 23.8 Å². The minimum absolute atomic E-state index is 0.000854. The smallest absolute Gasteiger partial charge is 0.416 e. The molecule has 0 fully saturated rings. The average Bonchev–Trinajstić information content (AvgIpc) is 3.20. The predicted octanol–water partition coefficient (Wildman–Crippen LogP) is 4.27. The van der Waals surface area contributed by atoms with Gasteiger partial charge in [-0.25, -0.2) is 9.59 Å². The number of allylic oxidation sites excluding steroid dienone is 1. The van der Waals surface area contributed by atoms with Crippen molar-refractivity contribution < 1.29 is 41.8 Å². The summed E-state index contributed by atoms with van der Waals surface area (Å²) in [5, 5.41) is 3.08. The van der Waals surface area contributed by atoms with Crippen LogP contribution in [-0.2, 0) is 25.2 Å². The van der Waals surface area contributed by atoms with E-state index in [-0.39, 0.29) is 53.3 Å². The van der Waals surface area contributed by atoms with Gasteiger partial charge in [0.1, 0.15) is 6.61 Å². The molecule has 2 aromatic carbocycles. The standard InChI is InChI=1S/C31H32F3N3O6/c1-5-42-30(41)26-23(13-14-36(3)4)35-18(2)24(25(26)19-9-8-10-20(17-19)31(32,33)34)29(40)43-16-15-37-27(38)21-11-6-7-12-22(21)28(37)39/h6-12,17,25,35H,5,13-16H2,1-4H3. The van der Waals surface area contributed by atoms with E-state index in [1.807, 2.05) is 19.0 Å². The number of amides is 2. The molecule has 2 aliphatic rings. The highest BCUT2D eigenvalue weighted by atomic mass is 19.4. The predicted molar refractivity (Wildman–Crippen MR) is 150 cm³/mol. The topological polar surface area (TPSA) is 105 Å². The first kappa shape index (κ1) is 31.5. The molecule has 2 heterocycles. The first-order valence-corrected chi connectivity index (χ1v) is 13.7. The van der Waals surface area contributed by atoms with E-state index in [1.165, 1.54) is 24.3 Å². The Morgan fingerprint density at radius 3 is 2.16 bits per heavy atom. The third kappa shape index (κ3) is 6.64. The van der Waals surface area contributed by atoms with Gasteiger partial charge >= 0.3 is 18.1 Å². The molecule has 0 saturated carbocycles. The second-order valence-corrected chi connectivity index (χ2v) is 10.3.